The first kappa shape index (κ1) is 21.7. The second-order valence-electron chi connectivity index (χ2n) is 6.19. The maximum Gasteiger partial charge on any atom is 0.435 e. The summed E-state index contributed by atoms with van der Waals surface area (Å²) in [6.07, 6.45) is -4.61. The Morgan fingerprint density at radius 3 is 2.30 bits per heavy atom. The van der Waals surface area contributed by atoms with Crippen molar-refractivity contribution in [2.45, 2.75) is 13.1 Å². The van der Waals surface area contributed by atoms with Crippen molar-refractivity contribution in [1.82, 2.24) is 9.78 Å². The number of nitrogens with two attached hydrogens (primary N) is 1. The Labute approximate surface area is 174 Å². The van der Waals surface area contributed by atoms with Crippen molar-refractivity contribution in [2.75, 3.05) is 11.9 Å². The molecule has 3 aromatic rings. The summed E-state index contributed by atoms with van der Waals surface area (Å²) < 4.78 is 45.7. The Hall–Kier alpha value is -3.02. The van der Waals surface area contributed by atoms with E-state index in [1.54, 1.807) is 31.3 Å². The molecule has 0 aliphatic carbocycles. The van der Waals surface area contributed by atoms with Gasteiger partial charge in [0.1, 0.15) is 12.2 Å². The van der Waals surface area contributed by atoms with Gasteiger partial charge in [-0.15, -0.1) is 0 Å². The van der Waals surface area contributed by atoms with Crippen molar-refractivity contribution in [3.05, 3.63) is 60.3 Å². The van der Waals surface area contributed by atoms with E-state index >= 15 is 0 Å². The van der Waals surface area contributed by atoms with Gasteiger partial charge in [-0.3, -0.25) is 9.93 Å². The molecule has 30 heavy (non-hydrogen) atoms. The van der Waals surface area contributed by atoms with Gasteiger partial charge in [-0.2, -0.15) is 18.3 Å². The number of benzene rings is 2. The fraction of sp³-hybridized carbons (Fsp3) is 0.158. The van der Waals surface area contributed by atoms with E-state index in [-0.39, 0.29) is 11.6 Å². The number of carbonyl (C=O) groups is 1. The Morgan fingerprint density at radius 1 is 1.13 bits per heavy atom. The van der Waals surface area contributed by atoms with E-state index in [1.165, 1.54) is 40.8 Å². The quantitative estimate of drug-likeness (QED) is 0.266. The molecule has 11 heteroatoms. The van der Waals surface area contributed by atoms with Gasteiger partial charge < -0.3 is 9.79 Å². The predicted octanol–water partition coefficient (Wildman–Crippen LogP) is 4.37. The summed E-state index contributed by atoms with van der Waals surface area (Å²) in [6.45, 7) is 1.42. The largest absolute Gasteiger partial charge is 0.435 e. The highest BCUT2D eigenvalue weighted by Crippen LogP contribution is 2.34. The molecule has 0 saturated carbocycles. The lowest BCUT2D eigenvalue weighted by atomic mass is 10.1. The van der Waals surface area contributed by atoms with E-state index in [4.69, 9.17) is 10.0 Å². The molecule has 0 fully saturated rings. The van der Waals surface area contributed by atoms with E-state index < -0.39 is 11.9 Å². The molecule has 0 saturated heterocycles. The van der Waals surface area contributed by atoms with Gasteiger partial charge in [0.15, 0.2) is 11.4 Å². The van der Waals surface area contributed by atoms with Crippen LogP contribution in [0.4, 0.5) is 18.9 Å². The fourth-order valence-electron chi connectivity index (χ4n) is 2.66. The first-order valence-corrected chi connectivity index (χ1v) is 9.33. The fourth-order valence-corrected chi connectivity index (χ4v) is 2.78. The van der Waals surface area contributed by atoms with Gasteiger partial charge in [-0.05, 0) is 42.5 Å². The number of alkyl halides is 3. The number of hydrogen-bond donors (Lipinski definition) is 1. The third-order valence-electron chi connectivity index (χ3n) is 4.27. The van der Waals surface area contributed by atoms with Crippen molar-refractivity contribution >= 4 is 23.8 Å². The molecule has 3 rings (SSSR count). The third-order valence-corrected chi connectivity index (χ3v) is 4.42. The summed E-state index contributed by atoms with van der Waals surface area (Å²) in [5.74, 6) is 0.157. The zero-order chi connectivity index (χ0) is 21.9. The van der Waals surface area contributed by atoms with E-state index in [9.17, 15) is 18.0 Å². The first-order chi connectivity index (χ1) is 14.2. The minimum Gasteiger partial charge on any atom is -0.324 e. The van der Waals surface area contributed by atoms with Gasteiger partial charge in [0.25, 0.3) is 0 Å². The van der Waals surface area contributed by atoms with Crippen molar-refractivity contribution in [2.24, 2.45) is 5.14 Å². The van der Waals surface area contributed by atoms with Gasteiger partial charge in [0, 0.05) is 25.2 Å². The second kappa shape index (κ2) is 8.78. The van der Waals surface area contributed by atoms with Crippen LogP contribution in [0.2, 0.25) is 0 Å². The highest BCUT2D eigenvalue weighted by Gasteiger charge is 2.35. The highest BCUT2D eigenvalue weighted by atomic mass is 32.2. The predicted molar refractivity (Wildman–Crippen MR) is 107 cm³/mol. The van der Waals surface area contributed by atoms with E-state index in [2.05, 4.69) is 9.43 Å². The second-order valence-corrected chi connectivity index (χ2v) is 6.52. The smallest absolute Gasteiger partial charge is 0.324 e. The summed E-state index contributed by atoms with van der Waals surface area (Å²) in [5.41, 5.74) is 0.722. The SMILES string of the molecule is CC(=O)N(C)c1ccc(-c2cc(C(F)(F)F)nn2-c2ccc(OOSN)cc2)cc1. The van der Waals surface area contributed by atoms with Gasteiger partial charge in [0.05, 0.1) is 11.4 Å². The third kappa shape index (κ3) is 4.75. The number of hydrogen-bond acceptors (Lipinski definition) is 6. The lowest BCUT2D eigenvalue weighted by Crippen LogP contribution is -2.22. The Bertz CT molecular complexity index is 1020. The number of amides is 1. The molecule has 0 aliphatic rings. The molecule has 1 heterocycles. The Kier molecular flexibility index (Phi) is 6.34. The van der Waals surface area contributed by atoms with Crippen molar-refractivity contribution in [1.29, 1.82) is 0 Å². The van der Waals surface area contributed by atoms with Crippen LogP contribution in [0.5, 0.6) is 5.75 Å². The van der Waals surface area contributed by atoms with Crippen molar-refractivity contribution in [3.8, 4) is 22.7 Å². The van der Waals surface area contributed by atoms with Gasteiger partial charge in [-0.1, -0.05) is 16.5 Å². The number of aromatic nitrogens is 2. The molecule has 0 atom stereocenters. The molecule has 0 radical (unpaired) electrons. The minimum absolute atomic E-state index is 0.161. The molecule has 1 aromatic heterocycles. The number of carbonyl (C=O) groups excluding carboxylic acids is 1. The molecule has 0 unspecified atom stereocenters. The summed E-state index contributed by atoms with van der Waals surface area (Å²) in [6, 6.07) is 13.6. The molecule has 1 amide bonds. The molecule has 0 spiro atoms. The van der Waals surface area contributed by atoms with E-state index in [0.717, 1.165) is 6.07 Å². The lowest BCUT2D eigenvalue weighted by molar-refractivity contribution is -0.141. The maximum absolute atomic E-state index is 13.3. The van der Waals surface area contributed by atoms with Crippen molar-refractivity contribution < 1.29 is 27.2 Å². The molecule has 2 aromatic carbocycles. The Balaban J connectivity index is 2.02. The van der Waals surface area contributed by atoms with Gasteiger partial charge >= 0.3 is 6.18 Å². The normalized spacial score (nSPS) is 11.4. The molecule has 0 aliphatic heterocycles. The van der Waals surface area contributed by atoms with Crippen LogP contribution in [0.25, 0.3) is 16.9 Å². The van der Waals surface area contributed by atoms with Crippen LogP contribution >= 0.6 is 12.2 Å². The van der Waals surface area contributed by atoms with Crippen LogP contribution in [-0.2, 0) is 15.3 Å². The Morgan fingerprint density at radius 2 is 1.77 bits per heavy atom. The zero-order valence-electron chi connectivity index (χ0n) is 15.9. The number of rotatable bonds is 6. The van der Waals surface area contributed by atoms with E-state index in [0.29, 0.717) is 34.9 Å². The van der Waals surface area contributed by atoms with Gasteiger partial charge in [0.2, 0.25) is 5.91 Å². The topological polar surface area (TPSA) is 82.6 Å². The number of nitrogens with zero attached hydrogens (tertiary/aromatic N) is 3. The number of halogens is 3. The average molecular weight is 438 g/mol. The summed E-state index contributed by atoms with van der Waals surface area (Å²) >= 11 is 0.518. The summed E-state index contributed by atoms with van der Waals surface area (Å²) in [5, 5.41) is 8.83. The minimum atomic E-state index is -4.61. The summed E-state index contributed by atoms with van der Waals surface area (Å²) in [7, 11) is 1.61. The van der Waals surface area contributed by atoms with Crippen LogP contribution in [0, 0.1) is 0 Å². The molecule has 7 nitrogen and oxygen atoms in total. The van der Waals surface area contributed by atoms with Crippen LogP contribution in [0.15, 0.2) is 54.6 Å². The molecule has 0 bridgehead atoms. The first-order valence-electron chi connectivity index (χ1n) is 8.53. The highest BCUT2D eigenvalue weighted by molar-refractivity contribution is 7.92. The van der Waals surface area contributed by atoms with Crippen LogP contribution in [0.1, 0.15) is 12.6 Å². The van der Waals surface area contributed by atoms with Crippen LogP contribution < -0.4 is 14.9 Å². The molecule has 2 N–H and O–H groups in total. The standard InChI is InChI=1S/C19H17F3N4O3S/c1-12(27)25(2)14-5-3-13(4-6-14)17-11-18(19(20,21)22)24-26(17)15-7-9-16(10-8-15)28-29-30-23/h3-11H,23H2,1-2H3. The molecular weight excluding hydrogens is 421 g/mol. The van der Waals surface area contributed by atoms with Crippen molar-refractivity contribution in [3.63, 3.8) is 0 Å². The van der Waals surface area contributed by atoms with Gasteiger partial charge in [-0.25, -0.2) is 4.68 Å². The lowest BCUT2D eigenvalue weighted by Gasteiger charge is -2.15. The number of anilines is 1. The summed E-state index contributed by atoms with van der Waals surface area (Å²) in [4.78, 5) is 17.8. The monoisotopic (exact) mass is 438 g/mol. The van der Waals surface area contributed by atoms with Crippen LogP contribution in [-0.4, -0.2) is 22.7 Å². The zero-order valence-corrected chi connectivity index (χ0v) is 16.7. The maximum atomic E-state index is 13.3. The molecular formula is C19H17F3N4O3S. The average Bonchev–Trinajstić information content (AvgIpc) is 3.18. The van der Waals surface area contributed by atoms with E-state index in [1.807, 2.05) is 0 Å². The molecule has 158 valence electrons. The van der Waals surface area contributed by atoms with Crippen LogP contribution in [0.3, 0.4) is 0 Å².